The second-order valence-electron chi connectivity index (χ2n) is 6.66. The number of benzene rings is 1. The minimum Gasteiger partial charge on any atom is -0.450 e. The molecule has 0 bridgehead atoms. The van der Waals surface area contributed by atoms with Crippen LogP contribution in [0.3, 0.4) is 0 Å². The molecule has 0 saturated carbocycles. The van der Waals surface area contributed by atoms with Gasteiger partial charge in [0.1, 0.15) is 11.2 Å². The molecule has 0 atom stereocenters. The molecule has 0 spiro atoms. The molecule has 4 aromatic rings. The fourth-order valence-electron chi connectivity index (χ4n) is 3.62. The first-order valence-electron chi connectivity index (χ1n) is 9.15. The van der Waals surface area contributed by atoms with Gasteiger partial charge in [-0.1, -0.05) is 17.7 Å². The molecule has 0 N–H and O–H groups in total. The number of ether oxygens (including phenoxy) is 1. The average Bonchev–Trinajstić information content (AvgIpc) is 3.29. The monoisotopic (exact) mass is 429 g/mol. The summed E-state index contributed by atoms with van der Waals surface area (Å²) in [6.07, 6.45) is 1.82. The van der Waals surface area contributed by atoms with E-state index in [0.29, 0.717) is 47.1 Å². The zero-order valence-corrected chi connectivity index (χ0v) is 17.0. The van der Waals surface area contributed by atoms with Crippen LogP contribution in [-0.4, -0.2) is 43.3 Å². The van der Waals surface area contributed by atoms with Gasteiger partial charge < -0.3 is 9.64 Å². The molecule has 148 valence electrons. The number of aromatic nitrogens is 4. The second-order valence-corrected chi connectivity index (χ2v) is 8.18. The smallest absolute Gasteiger partial charge is 0.410 e. The van der Waals surface area contributed by atoms with E-state index >= 15 is 0 Å². The number of rotatable bonds is 2. The largest absolute Gasteiger partial charge is 0.450 e. The van der Waals surface area contributed by atoms with Crippen LogP contribution in [0, 0.1) is 0 Å². The van der Waals surface area contributed by atoms with Crippen LogP contribution >= 0.6 is 22.9 Å². The molecule has 10 heteroatoms. The Hall–Kier alpha value is -2.91. The summed E-state index contributed by atoms with van der Waals surface area (Å²) in [5, 5.41) is 5.42. The molecule has 0 unspecified atom stereocenters. The number of fused-ring (bicyclic) bond motifs is 4. The van der Waals surface area contributed by atoms with Crippen molar-refractivity contribution in [1.82, 2.24) is 24.1 Å². The molecule has 1 aliphatic rings. The van der Waals surface area contributed by atoms with E-state index in [1.807, 2.05) is 12.1 Å². The molecule has 0 fully saturated rings. The lowest BCUT2D eigenvalue weighted by atomic mass is 10.1. The third-order valence-corrected chi connectivity index (χ3v) is 6.29. The minimum absolute atomic E-state index is 0.201. The summed E-state index contributed by atoms with van der Waals surface area (Å²) in [7, 11) is 0. The van der Waals surface area contributed by atoms with Crippen LogP contribution in [0.15, 0.2) is 35.4 Å². The van der Waals surface area contributed by atoms with Crippen molar-refractivity contribution in [2.24, 2.45) is 0 Å². The van der Waals surface area contributed by atoms with Gasteiger partial charge in [-0.2, -0.15) is 9.61 Å². The molecule has 8 nitrogen and oxygen atoms in total. The highest BCUT2D eigenvalue weighted by Gasteiger charge is 2.27. The summed E-state index contributed by atoms with van der Waals surface area (Å²) >= 11 is 7.54. The van der Waals surface area contributed by atoms with Gasteiger partial charge in [0.25, 0.3) is 5.56 Å². The predicted octanol–water partition coefficient (Wildman–Crippen LogP) is 3.26. The van der Waals surface area contributed by atoms with Gasteiger partial charge in [-0.15, -0.1) is 11.3 Å². The molecule has 1 aromatic carbocycles. The summed E-state index contributed by atoms with van der Waals surface area (Å²) in [5.74, 6) is 0.422. The number of halogens is 1. The van der Waals surface area contributed by atoms with E-state index in [1.54, 1.807) is 34.9 Å². The summed E-state index contributed by atoms with van der Waals surface area (Å²) in [6.45, 7) is 3.05. The van der Waals surface area contributed by atoms with Crippen LogP contribution < -0.4 is 5.56 Å². The molecule has 0 aliphatic carbocycles. The summed E-state index contributed by atoms with van der Waals surface area (Å²) < 4.78 is 8.15. The molecule has 3 aromatic heterocycles. The van der Waals surface area contributed by atoms with Crippen LogP contribution in [0.4, 0.5) is 4.79 Å². The zero-order valence-electron chi connectivity index (χ0n) is 15.5. The zero-order chi connectivity index (χ0) is 20.1. The number of carbonyl (C=O) groups excluding carboxylic acids is 1. The maximum absolute atomic E-state index is 13.2. The number of amides is 1. The minimum atomic E-state index is -0.334. The fourth-order valence-corrected chi connectivity index (χ4v) is 5.02. The van der Waals surface area contributed by atoms with Crippen molar-refractivity contribution in [3.63, 3.8) is 0 Å². The number of hydrogen-bond acceptors (Lipinski definition) is 6. The molecule has 4 heterocycles. The van der Waals surface area contributed by atoms with Crippen molar-refractivity contribution in [3.8, 4) is 5.69 Å². The first kappa shape index (κ1) is 18.1. The molecule has 29 heavy (non-hydrogen) atoms. The number of thiophene rings is 1. The standard InChI is InChI=1S/C19H16ClN5O3S/c1-2-28-19(27)23-7-6-13-14(9-23)29-16-15(13)17(26)25-18(22-16)24(10-21-25)12-5-3-4-11(20)8-12/h3-5,8,10H,2,6-7,9H2,1H3. The Bertz CT molecular complexity index is 1320. The van der Waals surface area contributed by atoms with Gasteiger partial charge in [0.2, 0.25) is 5.78 Å². The maximum Gasteiger partial charge on any atom is 0.410 e. The quantitative estimate of drug-likeness (QED) is 0.488. The molecular formula is C19H16ClN5O3S. The summed E-state index contributed by atoms with van der Waals surface area (Å²) in [4.78, 5) is 33.2. The van der Waals surface area contributed by atoms with E-state index in [0.717, 1.165) is 16.1 Å². The van der Waals surface area contributed by atoms with Gasteiger partial charge in [0, 0.05) is 16.4 Å². The van der Waals surface area contributed by atoms with Crippen LogP contribution in [-0.2, 0) is 17.7 Å². The first-order valence-corrected chi connectivity index (χ1v) is 10.3. The molecule has 1 amide bonds. The average molecular weight is 430 g/mol. The fraction of sp³-hybridized carbons (Fsp3) is 0.263. The Morgan fingerprint density at radius 1 is 1.38 bits per heavy atom. The molecular weight excluding hydrogens is 414 g/mol. The highest BCUT2D eigenvalue weighted by molar-refractivity contribution is 7.18. The Morgan fingerprint density at radius 2 is 2.24 bits per heavy atom. The highest BCUT2D eigenvalue weighted by Crippen LogP contribution is 2.33. The predicted molar refractivity (Wildman–Crippen MR) is 110 cm³/mol. The topological polar surface area (TPSA) is 81.7 Å². The molecule has 0 saturated heterocycles. The third kappa shape index (κ3) is 2.89. The van der Waals surface area contributed by atoms with Gasteiger partial charge in [0.05, 0.1) is 24.2 Å². The highest BCUT2D eigenvalue weighted by atomic mass is 35.5. The van der Waals surface area contributed by atoms with Gasteiger partial charge in [-0.25, -0.2) is 9.78 Å². The van der Waals surface area contributed by atoms with E-state index in [9.17, 15) is 9.59 Å². The Morgan fingerprint density at radius 3 is 3.03 bits per heavy atom. The van der Waals surface area contributed by atoms with Crippen LogP contribution in [0.2, 0.25) is 5.02 Å². The van der Waals surface area contributed by atoms with Crippen molar-refractivity contribution in [2.75, 3.05) is 13.2 Å². The van der Waals surface area contributed by atoms with Crippen molar-refractivity contribution >= 4 is 45.0 Å². The molecule has 0 radical (unpaired) electrons. The molecule has 1 aliphatic heterocycles. The van der Waals surface area contributed by atoms with Crippen molar-refractivity contribution < 1.29 is 9.53 Å². The Kier molecular flexibility index (Phi) is 4.29. The van der Waals surface area contributed by atoms with Crippen molar-refractivity contribution in [1.29, 1.82) is 0 Å². The maximum atomic E-state index is 13.2. The van der Waals surface area contributed by atoms with Crippen molar-refractivity contribution in [2.45, 2.75) is 19.9 Å². The third-order valence-electron chi connectivity index (χ3n) is 4.95. The number of hydrogen-bond donors (Lipinski definition) is 0. The first-order chi connectivity index (χ1) is 14.1. The SMILES string of the molecule is CCOC(=O)N1CCc2c(sc3nc4n(-c5cccc(Cl)c5)cnn4c(=O)c23)C1. The number of nitrogens with zero attached hydrogens (tertiary/aromatic N) is 5. The normalized spacial score (nSPS) is 13.8. The van der Waals surface area contributed by atoms with Crippen LogP contribution in [0.25, 0.3) is 21.7 Å². The van der Waals surface area contributed by atoms with Crippen LogP contribution in [0.5, 0.6) is 0 Å². The van der Waals surface area contributed by atoms with Gasteiger partial charge in [-0.05, 0) is 37.1 Å². The summed E-state index contributed by atoms with van der Waals surface area (Å²) in [6, 6.07) is 7.28. The lowest BCUT2D eigenvalue weighted by Gasteiger charge is -2.25. The molecule has 5 rings (SSSR count). The van der Waals surface area contributed by atoms with E-state index in [2.05, 4.69) is 5.10 Å². The van der Waals surface area contributed by atoms with Gasteiger partial charge in [-0.3, -0.25) is 9.36 Å². The Labute approximate surface area is 173 Å². The summed E-state index contributed by atoms with van der Waals surface area (Å²) in [5.41, 5.74) is 1.52. The van der Waals surface area contributed by atoms with Crippen LogP contribution in [0.1, 0.15) is 17.4 Å². The second kappa shape index (κ2) is 6.85. The van der Waals surface area contributed by atoms with Gasteiger partial charge in [0.15, 0.2) is 0 Å². The lowest BCUT2D eigenvalue weighted by molar-refractivity contribution is 0.103. The lowest BCUT2D eigenvalue weighted by Crippen LogP contribution is -2.36. The Balaban J connectivity index is 1.65. The van der Waals surface area contributed by atoms with E-state index in [1.165, 1.54) is 15.9 Å². The van der Waals surface area contributed by atoms with E-state index < -0.39 is 0 Å². The van der Waals surface area contributed by atoms with Crippen molar-refractivity contribution in [3.05, 3.63) is 56.4 Å². The number of carbonyl (C=O) groups is 1. The van der Waals surface area contributed by atoms with E-state index in [4.69, 9.17) is 21.3 Å². The van der Waals surface area contributed by atoms with E-state index in [-0.39, 0.29) is 11.7 Å². The van der Waals surface area contributed by atoms with Gasteiger partial charge >= 0.3 is 6.09 Å².